The van der Waals surface area contributed by atoms with Gasteiger partial charge >= 0.3 is 18.2 Å². The van der Waals surface area contributed by atoms with Crippen LogP contribution in [-0.4, -0.2) is 50.2 Å². The zero-order valence-electron chi connectivity index (χ0n) is 18.0. The number of fused-ring (bicyclic) bond motifs is 1. The van der Waals surface area contributed by atoms with E-state index in [0.29, 0.717) is 5.69 Å². The van der Waals surface area contributed by atoms with Crippen molar-refractivity contribution < 1.29 is 27.9 Å². The van der Waals surface area contributed by atoms with Crippen LogP contribution in [0.25, 0.3) is 22.6 Å². The van der Waals surface area contributed by atoms with Crippen LogP contribution in [0.1, 0.15) is 18.5 Å². The highest BCUT2D eigenvalue weighted by molar-refractivity contribution is 7.07. The van der Waals surface area contributed by atoms with Gasteiger partial charge in [-0.3, -0.25) is 0 Å². The molecule has 12 heteroatoms. The number of hydrogen-bond acceptors (Lipinski definition) is 5. The molecule has 4 rings (SSSR count). The number of benzene rings is 2. The van der Waals surface area contributed by atoms with Gasteiger partial charge in [-0.25, -0.2) is 19.6 Å². The second-order valence-corrected chi connectivity index (χ2v) is 7.84. The molecule has 0 radical (unpaired) electrons. The van der Waals surface area contributed by atoms with E-state index in [1.807, 2.05) is 60.8 Å². The number of urea groups is 1. The first-order chi connectivity index (χ1) is 16.1. The molecule has 2 heterocycles. The Balaban J connectivity index is 0.000000406. The highest BCUT2D eigenvalue weighted by Gasteiger charge is 2.38. The third-order valence-corrected chi connectivity index (χ3v) is 5.42. The number of imidazole rings is 1. The molecular formula is C22H20F3N5O3S. The average molecular weight is 491 g/mol. The molecule has 0 aliphatic carbocycles. The van der Waals surface area contributed by atoms with E-state index in [4.69, 9.17) is 9.90 Å². The third-order valence-electron chi connectivity index (χ3n) is 4.84. The van der Waals surface area contributed by atoms with E-state index in [1.165, 1.54) is 11.3 Å². The van der Waals surface area contributed by atoms with Crippen LogP contribution in [0.2, 0.25) is 0 Å². The largest absolute Gasteiger partial charge is 0.490 e. The maximum atomic E-state index is 12.6. The summed E-state index contributed by atoms with van der Waals surface area (Å²) in [6.07, 6.45) is -5.08. The van der Waals surface area contributed by atoms with Crippen molar-refractivity contribution in [3.05, 3.63) is 65.0 Å². The summed E-state index contributed by atoms with van der Waals surface area (Å²) in [5.74, 6) is -2.03. The van der Waals surface area contributed by atoms with Crippen molar-refractivity contribution in [1.82, 2.24) is 19.9 Å². The van der Waals surface area contributed by atoms with Gasteiger partial charge in [0.05, 0.1) is 22.6 Å². The number of anilines is 1. The number of aliphatic carboxylic acids is 1. The lowest BCUT2D eigenvalue weighted by atomic mass is 10.1. The van der Waals surface area contributed by atoms with Gasteiger partial charge in [-0.2, -0.15) is 13.2 Å². The lowest BCUT2D eigenvalue weighted by Gasteiger charge is -2.25. The van der Waals surface area contributed by atoms with Gasteiger partial charge in [0.25, 0.3) is 0 Å². The Bertz CT molecular complexity index is 1260. The van der Waals surface area contributed by atoms with Crippen molar-refractivity contribution >= 4 is 40.1 Å². The van der Waals surface area contributed by atoms with Gasteiger partial charge in [0.2, 0.25) is 0 Å². The van der Waals surface area contributed by atoms with E-state index in [1.54, 1.807) is 17.5 Å². The smallest absolute Gasteiger partial charge is 0.475 e. The standard InChI is InChI=1S/C20H19N5OS.C2HF3O2/c1-13(14-6-4-3-5-7-14)25(2)20(26)22-15-8-9-16-17(10-15)24-19(23-16)18-11-27-12-21-18;3-2(4,5)1(6)7/h3-13H,1-2H3,(H,22,26)(H,23,24);(H,6,7)/t13-;/m1./s1. The minimum absolute atomic E-state index is 0.0309. The molecule has 8 nitrogen and oxygen atoms in total. The number of halogens is 3. The van der Waals surface area contributed by atoms with Crippen molar-refractivity contribution in [2.24, 2.45) is 0 Å². The topological polar surface area (TPSA) is 111 Å². The van der Waals surface area contributed by atoms with Crippen LogP contribution in [0.3, 0.4) is 0 Å². The average Bonchev–Trinajstić information content (AvgIpc) is 3.48. The van der Waals surface area contributed by atoms with E-state index in [0.717, 1.165) is 28.1 Å². The zero-order valence-corrected chi connectivity index (χ0v) is 18.8. The van der Waals surface area contributed by atoms with Crippen molar-refractivity contribution in [3.63, 3.8) is 0 Å². The number of H-pyrrole nitrogens is 1. The molecule has 0 spiro atoms. The van der Waals surface area contributed by atoms with Crippen molar-refractivity contribution in [2.45, 2.75) is 19.1 Å². The first-order valence-electron chi connectivity index (χ1n) is 9.83. The van der Waals surface area contributed by atoms with Gasteiger partial charge in [-0.1, -0.05) is 30.3 Å². The number of alkyl halides is 3. The number of carbonyl (C=O) groups is 2. The summed E-state index contributed by atoms with van der Waals surface area (Å²) in [7, 11) is 1.79. The molecule has 0 fully saturated rings. The maximum Gasteiger partial charge on any atom is 0.490 e. The Labute approximate surface area is 196 Å². The molecule has 0 saturated heterocycles. The molecule has 0 bridgehead atoms. The lowest BCUT2D eigenvalue weighted by Crippen LogP contribution is -2.33. The molecule has 2 aromatic carbocycles. The first kappa shape index (κ1) is 24.7. The van der Waals surface area contributed by atoms with Crippen LogP contribution >= 0.6 is 11.3 Å². The zero-order chi connectivity index (χ0) is 24.9. The number of rotatable bonds is 4. The highest BCUT2D eigenvalue weighted by atomic mass is 32.1. The van der Waals surface area contributed by atoms with Gasteiger partial charge in [0.15, 0.2) is 5.82 Å². The van der Waals surface area contributed by atoms with Gasteiger partial charge in [-0.15, -0.1) is 11.3 Å². The molecule has 0 saturated carbocycles. The van der Waals surface area contributed by atoms with E-state index >= 15 is 0 Å². The number of carboxylic acid groups (broad SMARTS) is 1. The fourth-order valence-corrected chi connectivity index (χ4v) is 3.41. The first-order valence-corrected chi connectivity index (χ1v) is 10.8. The molecule has 2 aromatic heterocycles. The predicted octanol–water partition coefficient (Wildman–Crippen LogP) is 5.54. The Morgan fingerprint density at radius 1 is 1.18 bits per heavy atom. The van der Waals surface area contributed by atoms with Crippen LogP contribution in [0, 0.1) is 0 Å². The quantitative estimate of drug-likeness (QED) is 0.347. The summed E-state index contributed by atoms with van der Waals surface area (Å²) < 4.78 is 31.7. The molecular weight excluding hydrogens is 471 g/mol. The maximum absolute atomic E-state index is 12.6. The second-order valence-electron chi connectivity index (χ2n) is 7.12. The number of hydrogen-bond donors (Lipinski definition) is 3. The number of carboxylic acids is 1. The fraction of sp³-hybridized carbons (Fsp3) is 0.182. The number of nitrogens with one attached hydrogen (secondary N) is 2. The number of carbonyl (C=O) groups excluding carboxylic acids is 1. The van der Waals surface area contributed by atoms with Crippen molar-refractivity contribution in [3.8, 4) is 11.5 Å². The molecule has 0 aliphatic rings. The number of amides is 2. The van der Waals surface area contributed by atoms with Crippen LogP contribution in [-0.2, 0) is 4.79 Å². The summed E-state index contributed by atoms with van der Waals surface area (Å²) >= 11 is 1.53. The number of thiazole rings is 1. The van der Waals surface area contributed by atoms with Gasteiger partial charge in [-0.05, 0) is 30.7 Å². The van der Waals surface area contributed by atoms with Gasteiger partial charge in [0.1, 0.15) is 5.69 Å². The van der Waals surface area contributed by atoms with Gasteiger partial charge in [0, 0.05) is 18.1 Å². The fourth-order valence-electron chi connectivity index (χ4n) is 2.88. The summed E-state index contributed by atoms with van der Waals surface area (Å²) in [5.41, 5.74) is 6.08. The van der Waals surface area contributed by atoms with Crippen molar-refractivity contribution in [1.29, 1.82) is 0 Å². The second kappa shape index (κ2) is 10.3. The Kier molecular flexibility index (Phi) is 7.51. The van der Waals surface area contributed by atoms with E-state index in [2.05, 4.69) is 20.3 Å². The molecule has 3 N–H and O–H groups in total. The molecule has 1 atom stereocenters. The van der Waals surface area contributed by atoms with E-state index in [9.17, 15) is 18.0 Å². The van der Waals surface area contributed by atoms with Gasteiger partial charge < -0.3 is 20.3 Å². The monoisotopic (exact) mass is 491 g/mol. The Morgan fingerprint density at radius 3 is 2.44 bits per heavy atom. The normalized spacial score (nSPS) is 11.9. The predicted molar refractivity (Wildman–Crippen MR) is 123 cm³/mol. The molecule has 34 heavy (non-hydrogen) atoms. The highest BCUT2D eigenvalue weighted by Crippen LogP contribution is 2.24. The van der Waals surface area contributed by atoms with Crippen LogP contribution < -0.4 is 5.32 Å². The lowest BCUT2D eigenvalue weighted by molar-refractivity contribution is -0.192. The van der Waals surface area contributed by atoms with Crippen LogP contribution in [0.5, 0.6) is 0 Å². The summed E-state index contributed by atoms with van der Waals surface area (Å²) in [6, 6.07) is 15.4. The number of nitrogens with zero attached hydrogens (tertiary/aromatic N) is 3. The molecule has 178 valence electrons. The molecule has 0 aliphatic heterocycles. The van der Waals surface area contributed by atoms with E-state index in [-0.39, 0.29) is 12.1 Å². The number of aromatic amines is 1. The molecule has 2 amide bonds. The van der Waals surface area contributed by atoms with E-state index < -0.39 is 12.1 Å². The summed E-state index contributed by atoms with van der Waals surface area (Å²) in [4.78, 5) is 35.3. The van der Waals surface area contributed by atoms with Crippen LogP contribution in [0.4, 0.5) is 23.7 Å². The number of aromatic nitrogens is 3. The summed E-state index contributed by atoms with van der Waals surface area (Å²) in [5, 5.41) is 12.0. The third kappa shape index (κ3) is 6.10. The van der Waals surface area contributed by atoms with Crippen LogP contribution in [0.15, 0.2) is 59.4 Å². The minimum atomic E-state index is -5.08. The molecule has 4 aromatic rings. The molecule has 0 unspecified atom stereocenters. The SMILES string of the molecule is C[C@H](c1ccccc1)N(C)C(=O)Nc1ccc2[nH]c(-c3cscn3)nc2c1.O=C(O)C(F)(F)F. The Hall–Kier alpha value is -3.93. The summed E-state index contributed by atoms with van der Waals surface area (Å²) in [6.45, 7) is 2.01. The minimum Gasteiger partial charge on any atom is -0.475 e. The van der Waals surface area contributed by atoms with Crippen molar-refractivity contribution in [2.75, 3.05) is 12.4 Å². The Morgan fingerprint density at radius 2 is 1.85 bits per heavy atom.